The lowest BCUT2D eigenvalue weighted by molar-refractivity contribution is -0.118. The average Bonchev–Trinajstić information content (AvgIpc) is 2.78. The van der Waals surface area contributed by atoms with Crippen molar-refractivity contribution in [2.75, 3.05) is 0 Å². The third kappa shape index (κ3) is 1.44. The lowest BCUT2D eigenvalue weighted by Gasteiger charge is -1.92. The molecule has 0 saturated heterocycles. The fourth-order valence-electron chi connectivity index (χ4n) is 2.25. The lowest BCUT2D eigenvalue weighted by atomic mass is 10.1. The number of nitrogens with one attached hydrogen (secondary N) is 1. The molecule has 20 heavy (non-hydrogen) atoms. The molecule has 0 spiro atoms. The van der Waals surface area contributed by atoms with Crippen molar-refractivity contribution in [3.63, 3.8) is 0 Å². The number of carbonyl (C=O) groups is 1. The van der Waals surface area contributed by atoms with Gasteiger partial charge in [0, 0.05) is 0 Å². The van der Waals surface area contributed by atoms with E-state index in [-0.39, 0.29) is 21.5 Å². The Morgan fingerprint density at radius 2 is 1.40 bits per heavy atom. The third-order valence-electron chi connectivity index (χ3n) is 3.14. The summed E-state index contributed by atoms with van der Waals surface area (Å²) in [5, 5.41) is 0.0475. The van der Waals surface area contributed by atoms with Crippen LogP contribution in [0.25, 0.3) is 21.5 Å². The molecule has 0 bridgehead atoms. The highest BCUT2D eigenvalue weighted by Crippen LogP contribution is 2.13. The first-order valence-corrected chi connectivity index (χ1v) is 5.58. The minimum atomic E-state index is -0.833. The molecule has 0 fully saturated rings. The number of hydrogen-bond donors (Lipinski definition) is 2. The molecule has 3 N–H and O–H groups in total. The van der Waals surface area contributed by atoms with Gasteiger partial charge < -0.3 is 5.73 Å². The van der Waals surface area contributed by atoms with Crippen LogP contribution in [0.15, 0.2) is 31.3 Å². The second-order valence-electron chi connectivity index (χ2n) is 4.39. The van der Waals surface area contributed by atoms with Crippen molar-refractivity contribution in [1.82, 2.24) is 9.55 Å². The average molecular weight is 273 g/mol. The van der Waals surface area contributed by atoms with Crippen molar-refractivity contribution in [3.8, 4) is 0 Å². The van der Waals surface area contributed by atoms with Gasteiger partial charge in [-0.05, 0) is 12.1 Å². The van der Waals surface area contributed by atoms with E-state index in [9.17, 15) is 24.0 Å². The van der Waals surface area contributed by atoms with Crippen LogP contribution < -0.4 is 28.0 Å². The molecular formula is C12H7N3O5. The first-order chi connectivity index (χ1) is 9.40. The minimum Gasteiger partial charge on any atom is -0.368 e. The second-order valence-corrected chi connectivity index (χ2v) is 4.39. The summed E-state index contributed by atoms with van der Waals surface area (Å²) in [6.07, 6.45) is 0. The Morgan fingerprint density at radius 3 is 1.80 bits per heavy atom. The summed E-state index contributed by atoms with van der Waals surface area (Å²) < 4.78 is 0.685. The van der Waals surface area contributed by atoms with Crippen LogP contribution in [0.3, 0.4) is 0 Å². The number of benzene rings is 1. The molecule has 8 heteroatoms. The van der Waals surface area contributed by atoms with Gasteiger partial charge in [-0.25, -0.2) is 0 Å². The molecule has 0 radical (unpaired) electrons. The molecule has 100 valence electrons. The van der Waals surface area contributed by atoms with Crippen molar-refractivity contribution in [3.05, 3.63) is 53.5 Å². The number of rotatable bonds is 2. The molecule has 2 heterocycles. The fourth-order valence-corrected chi connectivity index (χ4v) is 2.25. The number of aromatic amines is 1. The quantitative estimate of drug-likeness (QED) is 0.553. The second kappa shape index (κ2) is 3.73. The number of H-pyrrole nitrogens is 1. The van der Waals surface area contributed by atoms with Gasteiger partial charge >= 0.3 is 0 Å². The maximum atomic E-state index is 12.0. The van der Waals surface area contributed by atoms with Crippen LogP contribution in [0.5, 0.6) is 0 Å². The van der Waals surface area contributed by atoms with Crippen molar-refractivity contribution in [2.45, 2.75) is 6.54 Å². The van der Waals surface area contributed by atoms with Gasteiger partial charge in [-0.15, -0.1) is 0 Å². The third-order valence-corrected chi connectivity index (χ3v) is 3.14. The van der Waals surface area contributed by atoms with E-state index in [1.54, 1.807) is 0 Å². The Bertz CT molecular complexity index is 1000. The van der Waals surface area contributed by atoms with Crippen LogP contribution in [0.1, 0.15) is 0 Å². The molecule has 1 aromatic carbocycles. The summed E-state index contributed by atoms with van der Waals surface area (Å²) in [5.74, 6) is -0.833. The highest BCUT2D eigenvalue weighted by Gasteiger charge is 2.17. The Hall–Kier alpha value is -3.03. The van der Waals surface area contributed by atoms with E-state index < -0.39 is 34.7 Å². The van der Waals surface area contributed by atoms with Crippen LogP contribution in [-0.4, -0.2) is 15.5 Å². The van der Waals surface area contributed by atoms with E-state index in [0.29, 0.717) is 4.57 Å². The number of aromatic nitrogens is 2. The topological polar surface area (TPSA) is 132 Å². The summed E-state index contributed by atoms with van der Waals surface area (Å²) >= 11 is 0. The highest BCUT2D eigenvalue weighted by molar-refractivity contribution is 5.97. The molecule has 0 aliphatic rings. The van der Waals surface area contributed by atoms with Crippen LogP contribution in [0.4, 0.5) is 0 Å². The molecule has 0 unspecified atom stereocenters. The Kier molecular flexibility index (Phi) is 2.24. The van der Waals surface area contributed by atoms with Crippen molar-refractivity contribution < 1.29 is 4.79 Å². The zero-order chi connectivity index (χ0) is 14.6. The van der Waals surface area contributed by atoms with E-state index >= 15 is 0 Å². The van der Waals surface area contributed by atoms with E-state index in [2.05, 4.69) is 4.98 Å². The number of hydrogen-bond acceptors (Lipinski definition) is 5. The van der Waals surface area contributed by atoms with Gasteiger partial charge in [-0.1, -0.05) is 0 Å². The molecule has 8 nitrogen and oxygen atoms in total. The summed E-state index contributed by atoms with van der Waals surface area (Å²) in [6.45, 7) is -0.544. The predicted octanol–water partition coefficient (Wildman–Crippen LogP) is -2.08. The number of nitrogens with zero attached hydrogens (tertiary/aromatic N) is 1. The fraction of sp³-hybridized carbons (Fsp3) is 0.0833. The SMILES string of the molecule is NC(=O)Cn1c(=O)c2cc3c(=O)[nH]c(=O)c3cc2c1=O. The van der Waals surface area contributed by atoms with Gasteiger partial charge in [-0.2, -0.15) is 0 Å². The number of carbonyl (C=O) groups excluding carboxylic acids is 1. The van der Waals surface area contributed by atoms with Crippen LogP contribution in [-0.2, 0) is 11.3 Å². The maximum Gasteiger partial charge on any atom is 0.262 e. The molecule has 3 rings (SSSR count). The zero-order valence-corrected chi connectivity index (χ0v) is 9.93. The number of nitrogens with two attached hydrogens (primary N) is 1. The normalized spacial score (nSPS) is 11.4. The van der Waals surface area contributed by atoms with Crippen LogP contribution in [0, 0.1) is 0 Å². The zero-order valence-electron chi connectivity index (χ0n) is 9.93. The largest absolute Gasteiger partial charge is 0.368 e. The molecule has 1 amide bonds. The van der Waals surface area contributed by atoms with E-state index in [4.69, 9.17) is 5.73 Å². The lowest BCUT2D eigenvalue weighted by Crippen LogP contribution is -2.32. The summed E-state index contributed by atoms with van der Waals surface area (Å²) in [4.78, 5) is 60.0. The van der Waals surface area contributed by atoms with E-state index in [1.165, 1.54) is 12.1 Å². The smallest absolute Gasteiger partial charge is 0.262 e. The Morgan fingerprint density at radius 1 is 0.950 bits per heavy atom. The van der Waals surface area contributed by atoms with Gasteiger partial charge in [0.15, 0.2) is 0 Å². The molecular weight excluding hydrogens is 266 g/mol. The predicted molar refractivity (Wildman–Crippen MR) is 70.4 cm³/mol. The Balaban J connectivity index is 2.53. The van der Waals surface area contributed by atoms with Gasteiger partial charge in [0.25, 0.3) is 22.2 Å². The maximum absolute atomic E-state index is 12.0. The van der Waals surface area contributed by atoms with Crippen molar-refractivity contribution in [1.29, 1.82) is 0 Å². The summed E-state index contributed by atoms with van der Waals surface area (Å²) in [7, 11) is 0. The standard InChI is InChI=1S/C12H7N3O5/c13-8(16)3-15-11(19)6-1-4-5(2-7(6)12(15)20)10(18)14-9(4)17/h1-2H,3H2,(H2,13,16)(H,14,17,18). The molecule has 2 aromatic heterocycles. The van der Waals surface area contributed by atoms with E-state index in [0.717, 1.165) is 0 Å². The molecule has 0 saturated carbocycles. The summed E-state index contributed by atoms with van der Waals surface area (Å²) in [5.41, 5.74) is 2.30. The van der Waals surface area contributed by atoms with Gasteiger partial charge in [-0.3, -0.25) is 33.5 Å². The first kappa shape index (κ1) is 12.0. The molecule has 3 aromatic rings. The van der Waals surface area contributed by atoms with Gasteiger partial charge in [0.2, 0.25) is 5.91 Å². The number of primary amides is 1. The van der Waals surface area contributed by atoms with Gasteiger partial charge in [0.05, 0.1) is 21.5 Å². The molecule has 0 aliphatic carbocycles. The van der Waals surface area contributed by atoms with Crippen LogP contribution in [0.2, 0.25) is 0 Å². The van der Waals surface area contributed by atoms with E-state index in [1.807, 2.05) is 0 Å². The highest BCUT2D eigenvalue weighted by atomic mass is 16.2. The minimum absolute atomic E-state index is 0.0140. The Labute approximate surface area is 108 Å². The van der Waals surface area contributed by atoms with Crippen molar-refractivity contribution >= 4 is 27.5 Å². The summed E-state index contributed by atoms with van der Waals surface area (Å²) in [6, 6.07) is 2.37. The van der Waals surface area contributed by atoms with Gasteiger partial charge in [0.1, 0.15) is 6.54 Å². The first-order valence-electron chi connectivity index (χ1n) is 5.58. The number of amides is 1. The number of fused-ring (bicyclic) bond motifs is 2. The van der Waals surface area contributed by atoms with Crippen molar-refractivity contribution in [2.24, 2.45) is 5.73 Å². The molecule has 0 aliphatic heterocycles. The molecule has 0 atom stereocenters. The monoisotopic (exact) mass is 273 g/mol. The van der Waals surface area contributed by atoms with Crippen LogP contribution >= 0.6 is 0 Å².